The van der Waals surface area contributed by atoms with E-state index in [1.807, 2.05) is 12.3 Å². The number of aromatic nitrogens is 3. The van der Waals surface area contributed by atoms with E-state index in [0.717, 1.165) is 16.4 Å². The summed E-state index contributed by atoms with van der Waals surface area (Å²) in [6.07, 6.45) is 1.66. The topological polar surface area (TPSA) is 79.6 Å². The molecule has 0 amide bonds. The van der Waals surface area contributed by atoms with Crippen LogP contribution in [0, 0.1) is 6.92 Å². The first-order valence-electron chi connectivity index (χ1n) is 4.19. The number of nitrogen functional groups attached to an aromatic ring is 1. The van der Waals surface area contributed by atoms with Gasteiger partial charge in [0.05, 0.1) is 29.1 Å². The number of thiazole rings is 1. The standard InChI is InChI=1S/C8H11N5S/c1-5-12-6(4-14-5)2-10-7-3-11-13-8(7)9/h3-4,10H,2H2,1H3,(H3,9,11,13). The fraction of sp³-hybridized carbons (Fsp3) is 0.250. The maximum Gasteiger partial charge on any atom is 0.142 e. The van der Waals surface area contributed by atoms with Crippen LogP contribution in [0.3, 0.4) is 0 Å². The van der Waals surface area contributed by atoms with E-state index in [4.69, 9.17) is 5.73 Å². The maximum absolute atomic E-state index is 5.61. The number of H-pyrrole nitrogens is 1. The van der Waals surface area contributed by atoms with E-state index in [9.17, 15) is 0 Å². The van der Waals surface area contributed by atoms with E-state index in [1.54, 1.807) is 17.5 Å². The molecule has 2 aromatic rings. The van der Waals surface area contributed by atoms with Crippen LogP contribution < -0.4 is 11.1 Å². The molecule has 5 nitrogen and oxygen atoms in total. The van der Waals surface area contributed by atoms with Gasteiger partial charge in [-0.2, -0.15) is 5.10 Å². The molecule has 2 rings (SSSR count). The highest BCUT2D eigenvalue weighted by Gasteiger charge is 2.01. The molecule has 0 bridgehead atoms. The third kappa shape index (κ3) is 1.85. The van der Waals surface area contributed by atoms with Crippen molar-refractivity contribution in [2.45, 2.75) is 13.5 Å². The lowest BCUT2D eigenvalue weighted by atomic mass is 10.4. The second kappa shape index (κ2) is 3.67. The van der Waals surface area contributed by atoms with Gasteiger partial charge in [0.15, 0.2) is 0 Å². The highest BCUT2D eigenvalue weighted by molar-refractivity contribution is 7.09. The fourth-order valence-corrected chi connectivity index (χ4v) is 1.72. The van der Waals surface area contributed by atoms with Crippen molar-refractivity contribution in [3.05, 3.63) is 22.3 Å². The zero-order valence-electron chi connectivity index (χ0n) is 7.74. The molecule has 2 aromatic heterocycles. The van der Waals surface area contributed by atoms with E-state index in [2.05, 4.69) is 20.5 Å². The van der Waals surface area contributed by atoms with Gasteiger partial charge in [-0.05, 0) is 6.92 Å². The predicted molar refractivity (Wildman–Crippen MR) is 57.2 cm³/mol. The molecule has 0 atom stereocenters. The summed E-state index contributed by atoms with van der Waals surface area (Å²) in [5.41, 5.74) is 7.45. The van der Waals surface area contributed by atoms with Crippen molar-refractivity contribution in [3.63, 3.8) is 0 Å². The number of nitrogens with two attached hydrogens (primary N) is 1. The van der Waals surface area contributed by atoms with Crippen LogP contribution in [0.15, 0.2) is 11.6 Å². The number of aromatic amines is 1. The summed E-state index contributed by atoms with van der Waals surface area (Å²) in [4.78, 5) is 4.32. The highest BCUT2D eigenvalue weighted by atomic mass is 32.1. The first kappa shape index (κ1) is 9.01. The van der Waals surface area contributed by atoms with Gasteiger partial charge in [-0.25, -0.2) is 4.98 Å². The minimum Gasteiger partial charge on any atom is -0.382 e. The lowest BCUT2D eigenvalue weighted by Crippen LogP contribution is -2.01. The van der Waals surface area contributed by atoms with Crippen LogP contribution in [0.1, 0.15) is 10.7 Å². The van der Waals surface area contributed by atoms with Crippen LogP contribution >= 0.6 is 11.3 Å². The first-order valence-corrected chi connectivity index (χ1v) is 5.07. The number of nitrogens with one attached hydrogen (secondary N) is 2. The van der Waals surface area contributed by atoms with Gasteiger partial charge in [-0.15, -0.1) is 11.3 Å². The molecule has 0 unspecified atom stereocenters. The predicted octanol–water partition coefficient (Wildman–Crippen LogP) is 1.37. The molecule has 0 aliphatic rings. The molecular weight excluding hydrogens is 198 g/mol. The quantitative estimate of drug-likeness (QED) is 0.713. The van der Waals surface area contributed by atoms with Crippen molar-refractivity contribution >= 4 is 22.8 Å². The van der Waals surface area contributed by atoms with Crippen molar-refractivity contribution in [2.24, 2.45) is 0 Å². The Bertz CT molecular complexity index is 419. The van der Waals surface area contributed by atoms with Crippen molar-refractivity contribution in [1.82, 2.24) is 15.2 Å². The zero-order valence-corrected chi connectivity index (χ0v) is 8.56. The van der Waals surface area contributed by atoms with Gasteiger partial charge in [0.2, 0.25) is 0 Å². The Hall–Kier alpha value is -1.56. The fourth-order valence-electron chi connectivity index (χ4n) is 1.11. The van der Waals surface area contributed by atoms with Gasteiger partial charge in [0.25, 0.3) is 0 Å². The smallest absolute Gasteiger partial charge is 0.142 e. The van der Waals surface area contributed by atoms with Gasteiger partial charge in [0.1, 0.15) is 5.82 Å². The van der Waals surface area contributed by atoms with Crippen molar-refractivity contribution in [1.29, 1.82) is 0 Å². The summed E-state index contributed by atoms with van der Waals surface area (Å²) < 4.78 is 0. The summed E-state index contributed by atoms with van der Waals surface area (Å²) in [6, 6.07) is 0. The summed E-state index contributed by atoms with van der Waals surface area (Å²) in [6.45, 7) is 2.66. The lowest BCUT2D eigenvalue weighted by Gasteiger charge is -2.00. The van der Waals surface area contributed by atoms with Gasteiger partial charge in [-0.1, -0.05) is 0 Å². The Morgan fingerprint density at radius 3 is 3.07 bits per heavy atom. The third-order valence-electron chi connectivity index (χ3n) is 1.80. The van der Waals surface area contributed by atoms with E-state index >= 15 is 0 Å². The molecule has 6 heteroatoms. The van der Waals surface area contributed by atoms with Crippen molar-refractivity contribution < 1.29 is 0 Å². The van der Waals surface area contributed by atoms with Gasteiger partial charge in [-0.3, -0.25) is 5.10 Å². The molecule has 2 heterocycles. The summed E-state index contributed by atoms with van der Waals surface area (Å²) >= 11 is 1.64. The number of nitrogens with zero attached hydrogens (tertiary/aromatic N) is 2. The monoisotopic (exact) mass is 209 g/mol. The van der Waals surface area contributed by atoms with Gasteiger partial charge in [0, 0.05) is 5.38 Å². The number of anilines is 2. The summed E-state index contributed by atoms with van der Waals surface area (Å²) in [5, 5.41) is 12.7. The Morgan fingerprint density at radius 2 is 2.50 bits per heavy atom. The van der Waals surface area contributed by atoms with Crippen LogP contribution in [-0.2, 0) is 6.54 Å². The highest BCUT2D eigenvalue weighted by Crippen LogP contribution is 2.15. The Balaban J connectivity index is 1.98. The molecule has 0 aliphatic heterocycles. The molecule has 0 saturated carbocycles. The first-order chi connectivity index (χ1) is 6.75. The largest absolute Gasteiger partial charge is 0.382 e. The average Bonchev–Trinajstić information content (AvgIpc) is 2.72. The molecule has 74 valence electrons. The molecule has 0 saturated heterocycles. The van der Waals surface area contributed by atoms with E-state index in [-0.39, 0.29) is 0 Å². The molecule has 0 aliphatic carbocycles. The Labute approximate surface area is 85.4 Å². The van der Waals surface area contributed by atoms with Crippen molar-refractivity contribution in [3.8, 4) is 0 Å². The van der Waals surface area contributed by atoms with Crippen LogP contribution in [0.5, 0.6) is 0 Å². The molecule has 0 fully saturated rings. The van der Waals surface area contributed by atoms with E-state index in [0.29, 0.717) is 12.4 Å². The number of aryl methyl sites for hydroxylation is 1. The van der Waals surface area contributed by atoms with Gasteiger partial charge >= 0.3 is 0 Å². The zero-order chi connectivity index (χ0) is 9.97. The second-order valence-corrected chi connectivity index (χ2v) is 3.97. The van der Waals surface area contributed by atoms with Crippen LogP contribution in [0.2, 0.25) is 0 Å². The normalized spacial score (nSPS) is 10.4. The van der Waals surface area contributed by atoms with Crippen LogP contribution in [0.4, 0.5) is 11.5 Å². The molecule has 0 radical (unpaired) electrons. The number of hydrogen-bond donors (Lipinski definition) is 3. The Kier molecular flexibility index (Phi) is 2.36. The molecule has 14 heavy (non-hydrogen) atoms. The average molecular weight is 209 g/mol. The molecular formula is C8H11N5S. The van der Waals surface area contributed by atoms with E-state index in [1.165, 1.54) is 0 Å². The maximum atomic E-state index is 5.61. The van der Waals surface area contributed by atoms with Crippen LogP contribution in [0.25, 0.3) is 0 Å². The van der Waals surface area contributed by atoms with Crippen molar-refractivity contribution in [2.75, 3.05) is 11.1 Å². The second-order valence-electron chi connectivity index (χ2n) is 2.91. The SMILES string of the molecule is Cc1nc(CNc2cn[nH]c2N)cs1. The van der Waals surface area contributed by atoms with E-state index < -0.39 is 0 Å². The third-order valence-corrected chi connectivity index (χ3v) is 2.62. The van der Waals surface area contributed by atoms with Gasteiger partial charge < -0.3 is 11.1 Å². The van der Waals surface area contributed by atoms with Crippen LogP contribution in [-0.4, -0.2) is 15.2 Å². The minimum absolute atomic E-state index is 0.553. The molecule has 0 aromatic carbocycles. The lowest BCUT2D eigenvalue weighted by molar-refractivity contribution is 1.06. The number of hydrogen-bond acceptors (Lipinski definition) is 5. The number of rotatable bonds is 3. The molecule has 0 spiro atoms. The molecule has 4 N–H and O–H groups in total. The minimum atomic E-state index is 0.553. The summed E-state index contributed by atoms with van der Waals surface area (Å²) in [5.74, 6) is 0.553. The Morgan fingerprint density at radius 1 is 1.64 bits per heavy atom. The summed E-state index contributed by atoms with van der Waals surface area (Å²) in [7, 11) is 0.